The van der Waals surface area contributed by atoms with E-state index in [1.807, 2.05) is 6.92 Å². The van der Waals surface area contributed by atoms with Gasteiger partial charge in [0.25, 0.3) is 11.8 Å². The van der Waals surface area contributed by atoms with E-state index in [1.54, 1.807) is 25.1 Å². The van der Waals surface area contributed by atoms with Crippen LogP contribution in [0.2, 0.25) is 0 Å². The van der Waals surface area contributed by atoms with E-state index in [0.29, 0.717) is 23.1 Å². The van der Waals surface area contributed by atoms with Crippen molar-refractivity contribution in [1.82, 2.24) is 10.2 Å². The van der Waals surface area contributed by atoms with Crippen LogP contribution in [0.5, 0.6) is 0 Å². The van der Waals surface area contributed by atoms with Crippen molar-refractivity contribution in [1.29, 1.82) is 0 Å². The zero-order chi connectivity index (χ0) is 20.4. The standard InChI is InChI=1S/C21H20F2N2O3/c1-12-5-7-15-16(10-12)21(28)25(20(15)27)9-3-4-19(26)24-13(2)14-6-8-17(22)18(23)11-14/h5-8,10-11,13H,3-4,9H2,1-2H3,(H,24,26). The van der Waals surface area contributed by atoms with E-state index in [-0.39, 0.29) is 30.7 Å². The number of rotatable bonds is 6. The number of fused-ring (bicyclic) bond motifs is 1. The molecular formula is C21H20F2N2O3. The van der Waals surface area contributed by atoms with Crippen molar-refractivity contribution in [3.8, 4) is 0 Å². The highest BCUT2D eigenvalue weighted by Gasteiger charge is 2.34. The average Bonchev–Trinajstić information content (AvgIpc) is 2.88. The van der Waals surface area contributed by atoms with E-state index in [2.05, 4.69) is 5.32 Å². The second-order valence-electron chi connectivity index (χ2n) is 6.88. The van der Waals surface area contributed by atoms with Gasteiger partial charge in [-0.2, -0.15) is 0 Å². The summed E-state index contributed by atoms with van der Waals surface area (Å²) in [6.45, 7) is 3.65. The van der Waals surface area contributed by atoms with Crippen molar-refractivity contribution in [2.24, 2.45) is 0 Å². The van der Waals surface area contributed by atoms with Crippen molar-refractivity contribution in [3.05, 3.63) is 70.3 Å². The Balaban J connectivity index is 1.52. The minimum Gasteiger partial charge on any atom is -0.350 e. The van der Waals surface area contributed by atoms with Gasteiger partial charge in [0.2, 0.25) is 5.91 Å². The smallest absolute Gasteiger partial charge is 0.261 e. The van der Waals surface area contributed by atoms with E-state index in [1.165, 1.54) is 6.07 Å². The molecule has 1 aliphatic heterocycles. The number of carbonyl (C=O) groups excluding carboxylic acids is 3. The van der Waals surface area contributed by atoms with Crippen LogP contribution in [0.25, 0.3) is 0 Å². The number of nitrogens with zero attached hydrogens (tertiary/aromatic N) is 1. The monoisotopic (exact) mass is 386 g/mol. The number of nitrogens with one attached hydrogen (secondary N) is 1. The maximum Gasteiger partial charge on any atom is 0.261 e. The molecule has 0 saturated carbocycles. The molecule has 0 bridgehead atoms. The lowest BCUT2D eigenvalue weighted by molar-refractivity contribution is -0.121. The van der Waals surface area contributed by atoms with Gasteiger partial charge in [-0.15, -0.1) is 0 Å². The van der Waals surface area contributed by atoms with Gasteiger partial charge < -0.3 is 5.32 Å². The zero-order valence-electron chi connectivity index (χ0n) is 15.6. The van der Waals surface area contributed by atoms with Gasteiger partial charge in [-0.25, -0.2) is 8.78 Å². The lowest BCUT2D eigenvalue weighted by Gasteiger charge is -2.16. The number of benzene rings is 2. The van der Waals surface area contributed by atoms with Crippen LogP contribution in [0.1, 0.15) is 57.7 Å². The number of carbonyl (C=O) groups is 3. The van der Waals surface area contributed by atoms with Crippen LogP contribution >= 0.6 is 0 Å². The fourth-order valence-corrected chi connectivity index (χ4v) is 3.18. The number of aryl methyl sites for hydroxylation is 1. The Morgan fingerprint density at radius 1 is 1.04 bits per heavy atom. The first-order chi connectivity index (χ1) is 13.3. The molecule has 146 valence electrons. The van der Waals surface area contributed by atoms with Crippen LogP contribution < -0.4 is 5.32 Å². The van der Waals surface area contributed by atoms with Gasteiger partial charge in [-0.05, 0) is 50.1 Å². The number of halogens is 2. The summed E-state index contributed by atoms with van der Waals surface area (Å²) in [7, 11) is 0. The quantitative estimate of drug-likeness (QED) is 0.773. The Morgan fingerprint density at radius 3 is 2.46 bits per heavy atom. The number of amides is 3. The van der Waals surface area contributed by atoms with E-state index >= 15 is 0 Å². The summed E-state index contributed by atoms with van der Waals surface area (Å²) >= 11 is 0. The van der Waals surface area contributed by atoms with Gasteiger partial charge in [0.05, 0.1) is 17.2 Å². The van der Waals surface area contributed by atoms with Crippen LogP contribution in [0.4, 0.5) is 8.78 Å². The third kappa shape index (κ3) is 3.93. The molecule has 0 saturated heterocycles. The molecular weight excluding hydrogens is 366 g/mol. The second-order valence-corrected chi connectivity index (χ2v) is 6.88. The largest absolute Gasteiger partial charge is 0.350 e. The zero-order valence-corrected chi connectivity index (χ0v) is 15.6. The molecule has 0 fully saturated rings. The molecule has 1 atom stereocenters. The third-order valence-electron chi connectivity index (χ3n) is 4.73. The van der Waals surface area contributed by atoms with Gasteiger partial charge in [-0.3, -0.25) is 19.3 Å². The topological polar surface area (TPSA) is 66.5 Å². The van der Waals surface area contributed by atoms with Gasteiger partial charge in [0.1, 0.15) is 0 Å². The lowest BCUT2D eigenvalue weighted by atomic mass is 10.1. The minimum atomic E-state index is -0.973. The molecule has 0 spiro atoms. The molecule has 7 heteroatoms. The van der Waals surface area contributed by atoms with Crippen LogP contribution in [0.15, 0.2) is 36.4 Å². The molecule has 5 nitrogen and oxygen atoms in total. The van der Waals surface area contributed by atoms with Crippen molar-refractivity contribution in [3.63, 3.8) is 0 Å². The molecule has 3 amide bonds. The Bertz CT molecular complexity index is 959. The Morgan fingerprint density at radius 2 is 1.75 bits per heavy atom. The van der Waals surface area contributed by atoms with Crippen LogP contribution in [0.3, 0.4) is 0 Å². The Kier molecular flexibility index (Phi) is 5.53. The molecule has 0 radical (unpaired) electrons. The van der Waals surface area contributed by atoms with Gasteiger partial charge in [0.15, 0.2) is 11.6 Å². The molecule has 1 heterocycles. The van der Waals surface area contributed by atoms with Gasteiger partial charge >= 0.3 is 0 Å². The maximum absolute atomic E-state index is 13.3. The summed E-state index contributed by atoms with van der Waals surface area (Å²) in [5, 5.41) is 2.70. The maximum atomic E-state index is 13.3. The van der Waals surface area contributed by atoms with Crippen LogP contribution in [-0.2, 0) is 4.79 Å². The van der Waals surface area contributed by atoms with Crippen molar-refractivity contribution in [2.75, 3.05) is 6.54 Å². The summed E-state index contributed by atoms with van der Waals surface area (Å²) in [4.78, 5) is 38.0. The molecule has 0 aromatic heterocycles. The summed E-state index contributed by atoms with van der Waals surface area (Å²) < 4.78 is 26.3. The SMILES string of the molecule is Cc1ccc2c(c1)C(=O)N(CCCC(=O)NC(C)c1ccc(F)c(F)c1)C2=O. The normalized spacial score (nSPS) is 14.2. The average molecular weight is 386 g/mol. The second kappa shape index (κ2) is 7.88. The van der Waals surface area contributed by atoms with E-state index < -0.39 is 17.7 Å². The van der Waals surface area contributed by atoms with Crippen LogP contribution in [-0.4, -0.2) is 29.2 Å². The first-order valence-electron chi connectivity index (χ1n) is 8.99. The van der Waals surface area contributed by atoms with E-state index in [4.69, 9.17) is 0 Å². The van der Waals surface area contributed by atoms with Gasteiger partial charge in [0, 0.05) is 13.0 Å². The first-order valence-corrected chi connectivity index (χ1v) is 8.99. The molecule has 2 aromatic rings. The predicted molar refractivity (Wildman–Crippen MR) is 98.7 cm³/mol. The van der Waals surface area contributed by atoms with Crippen molar-refractivity contribution in [2.45, 2.75) is 32.7 Å². The highest BCUT2D eigenvalue weighted by atomic mass is 19.2. The van der Waals surface area contributed by atoms with E-state index in [9.17, 15) is 23.2 Å². The van der Waals surface area contributed by atoms with E-state index in [0.717, 1.165) is 22.6 Å². The lowest BCUT2D eigenvalue weighted by Crippen LogP contribution is -2.32. The molecule has 0 aliphatic carbocycles. The molecule has 2 aromatic carbocycles. The van der Waals surface area contributed by atoms with Crippen LogP contribution in [0, 0.1) is 18.6 Å². The molecule has 1 aliphatic rings. The Hall–Kier alpha value is -3.09. The fourth-order valence-electron chi connectivity index (χ4n) is 3.18. The summed E-state index contributed by atoms with van der Waals surface area (Å²) in [6.07, 6.45) is 0.404. The summed E-state index contributed by atoms with van der Waals surface area (Å²) in [6, 6.07) is 8.07. The highest BCUT2D eigenvalue weighted by Crippen LogP contribution is 2.24. The molecule has 28 heavy (non-hydrogen) atoms. The summed E-state index contributed by atoms with van der Waals surface area (Å²) in [5.41, 5.74) is 2.11. The third-order valence-corrected chi connectivity index (χ3v) is 4.73. The number of hydrogen-bond donors (Lipinski definition) is 1. The van der Waals surface area contributed by atoms with Crippen molar-refractivity contribution >= 4 is 17.7 Å². The fraction of sp³-hybridized carbons (Fsp3) is 0.286. The van der Waals surface area contributed by atoms with Gasteiger partial charge in [-0.1, -0.05) is 17.7 Å². The molecule has 3 rings (SSSR count). The van der Waals surface area contributed by atoms with Crippen molar-refractivity contribution < 1.29 is 23.2 Å². The number of imide groups is 1. The molecule has 1 unspecified atom stereocenters. The predicted octanol–water partition coefficient (Wildman–Crippen LogP) is 3.53. The number of hydrogen-bond acceptors (Lipinski definition) is 3. The Labute approximate surface area is 161 Å². The minimum absolute atomic E-state index is 0.0977. The molecule has 1 N–H and O–H groups in total. The highest BCUT2D eigenvalue weighted by molar-refractivity contribution is 6.21. The first kappa shape index (κ1) is 19.7. The summed E-state index contributed by atoms with van der Waals surface area (Å²) in [5.74, 6) is -2.92.